The van der Waals surface area contributed by atoms with Crippen LogP contribution in [0.15, 0.2) is 163 Å². The third-order valence-corrected chi connectivity index (χ3v) is 14.0. The number of benzene rings is 5. The Morgan fingerprint density at radius 1 is 0.582 bits per heavy atom. The van der Waals surface area contributed by atoms with Gasteiger partial charge in [-0.25, -0.2) is 0 Å². The van der Waals surface area contributed by atoms with Gasteiger partial charge in [0.05, 0.1) is 25.2 Å². The molecular weight excluding hydrogens is 1010 g/mol. The van der Waals surface area contributed by atoms with Crippen molar-refractivity contribution in [1.82, 2.24) is 15.0 Å². The van der Waals surface area contributed by atoms with Crippen molar-refractivity contribution >= 4 is 35.2 Å². The van der Waals surface area contributed by atoms with Crippen molar-refractivity contribution in [3.63, 3.8) is 0 Å². The number of nitrogens with zero attached hydrogens (tertiary/aromatic N) is 3. The minimum absolute atomic E-state index is 0. The van der Waals surface area contributed by atoms with Gasteiger partial charge in [-0.15, -0.1) is 0 Å². The van der Waals surface area contributed by atoms with E-state index in [0.29, 0.717) is 5.92 Å². The summed E-state index contributed by atoms with van der Waals surface area (Å²) >= 11 is 0. The number of hydrogen-bond donors (Lipinski definition) is 0. The van der Waals surface area contributed by atoms with Crippen LogP contribution < -0.4 is 5.19 Å². The summed E-state index contributed by atoms with van der Waals surface area (Å²) in [5, 5.41) is 3.76. The van der Waals surface area contributed by atoms with Crippen LogP contribution in [0.3, 0.4) is 0 Å². The Morgan fingerprint density at radius 3 is 1.81 bits per heavy atom. The third kappa shape index (κ3) is 12.8. The van der Waals surface area contributed by atoms with E-state index < -0.39 is 8.07 Å². The van der Waals surface area contributed by atoms with Gasteiger partial charge >= 0.3 is 0 Å². The second kappa shape index (κ2) is 21.9. The van der Waals surface area contributed by atoms with Gasteiger partial charge in [-0.1, -0.05) is 169 Å². The van der Waals surface area contributed by atoms with Gasteiger partial charge in [-0.05, 0) is 126 Å². The van der Waals surface area contributed by atoms with Crippen molar-refractivity contribution in [2.75, 3.05) is 0 Å². The second-order valence-corrected chi connectivity index (χ2v) is 25.3. The largest absolute Gasteiger partial charge is 0.455 e. The van der Waals surface area contributed by atoms with Crippen molar-refractivity contribution in [1.29, 1.82) is 0 Å². The van der Waals surface area contributed by atoms with E-state index in [4.69, 9.17) is 14.4 Å². The molecule has 0 spiro atoms. The molecule has 0 aliphatic heterocycles. The molecule has 6 heteroatoms. The van der Waals surface area contributed by atoms with Crippen molar-refractivity contribution in [3.05, 3.63) is 191 Å². The van der Waals surface area contributed by atoms with Gasteiger partial charge in [0.25, 0.3) is 0 Å². The molecule has 5 aromatic carbocycles. The Bertz CT molecular complexity index is 3050. The number of para-hydroxylation sites is 1. The molecule has 67 heavy (non-hydrogen) atoms. The van der Waals surface area contributed by atoms with Crippen molar-refractivity contribution in [3.8, 4) is 44.9 Å². The van der Waals surface area contributed by atoms with Crippen molar-refractivity contribution in [2.24, 2.45) is 5.41 Å². The average molecular weight is 1080 g/mol. The summed E-state index contributed by atoms with van der Waals surface area (Å²) < 4.78 is 6.49. The topological polar surface area (TPSA) is 51.8 Å². The Labute approximate surface area is 414 Å². The van der Waals surface area contributed by atoms with E-state index in [0.717, 1.165) is 57.4 Å². The number of fused-ring (bicyclic) bond motifs is 3. The van der Waals surface area contributed by atoms with E-state index >= 15 is 0 Å². The molecule has 0 atom stereocenters. The van der Waals surface area contributed by atoms with E-state index in [9.17, 15) is 0 Å². The molecule has 0 bridgehead atoms. The zero-order valence-corrected chi connectivity index (χ0v) is 45.0. The fourth-order valence-electron chi connectivity index (χ4n) is 8.60. The van der Waals surface area contributed by atoms with Crippen LogP contribution in [0.25, 0.3) is 66.8 Å². The molecule has 4 nitrogen and oxygen atoms in total. The van der Waals surface area contributed by atoms with Crippen LogP contribution in [0.2, 0.25) is 19.6 Å². The van der Waals surface area contributed by atoms with Crippen LogP contribution >= 0.6 is 0 Å². The van der Waals surface area contributed by atoms with E-state index in [2.05, 4.69) is 208 Å². The first-order chi connectivity index (χ1) is 31.5. The molecular formula is C61H67IrN3OSi. The van der Waals surface area contributed by atoms with Crippen LogP contribution in [0, 0.1) is 26.2 Å². The fraction of sp³-hybridized carbons (Fsp3) is 0.262. The maximum atomic E-state index is 6.49. The molecule has 0 amide bonds. The molecule has 0 unspecified atom stereocenters. The van der Waals surface area contributed by atoms with E-state index in [1.54, 1.807) is 0 Å². The summed E-state index contributed by atoms with van der Waals surface area (Å²) in [5.74, 6) is 0.548. The molecule has 0 aliphatic carbocycles. The van der Waals surface area contributed by atoms with E-state index in [1.807, 2.05) is 36.7 Å². The molecule has 1 radical (unpaired) electrons. The summed E-state index contributed by atoms with van der Waals surface area (Å²) in [6.45, 7) is 27.1. The summed E-state index contributed by atoms with van der Waals surface area (Å²) in [6, 6.07) is 49.0. The smallest absolute Gasteiger partial charge is 0.144 e. The Morgan fingerprint density at radius 2 is 1.21 bits per heavy atom. The minimum atomic E-state index is -1.33. The molecule has 0 saturated heterocycles. The molecule has 0 saturated carbocycles. The molecule has 0 fully saturated rings. The molecule has 9 rings (SSSR count). The normalized spacial score (nSPS) is 11.4. The van der Waals surface area contributed by atoms with Gasteiger partial charge in [0, 0.05) is 66.2 Å². The number of aromatic nitrogens is 3. The average Bonchev–Trinajstić information content (AvgIpc) is 3.68. The fourth-order valence-corrected chi connectivity index (χ4v) is 10.3. The monoisotopic (exact) mass is 1080 g/mol. The number of furan rings is 1. The van der Waals surface area contributed by atoms with Gasteiger partial charge in [-0.3, -0.25) is 15.0 Å². The first-order valence-electron chi connectivity index (χ1n) is 23.5. The molecule has 4 aromatic heterocycles. The second-order valence-electron chi connectivity index (χ2n) is 20.3. The molecule has 345 valence electrons. The zero-order chi connectivity index (χ0) is 47.2. The van der Waals surface area contributed by atoms with Gasteiger partial charge in [0.1, 0.15) is 11.2 Å². The first-order valence-corrected chi connectivity index (χ1v) is 27.0. The van der Waals surface area contributed by atoms with Crippen LogP contribution in [0.4, 0.5) is 0 Å². The maximum Gasteiger partial charge on any atom is 0.144 e. The summed E-state index contributed by atoms with van der Waals surface area (Å²) in [6.07, 6.45) is 8.06. The zero-order valence-electron chi connectivity index (χ0n) is 41.6. The summed E-state index contributed by atoms with van der Waals surface area (Å²) in [5.41, 5.74) is 18.9. The Kier molecular flexibility index (Phi) is 16.5. The molecule has 9 aromatic rings. The quantitative estimate of drug-likeness (QED) is 0.142. The predicted molar refractivity (Wildman–Crippen MR) is 286 cm³/mol. The molecule has 0 N–H and O–H groups in total. The maximum absolute atomic E-state index is 6.49. The first kappa shape index (κ1) is 50.6. The molecule has 0 aliphatic rings. The van der Waals surface area contributed by atoms with E-state index in [1.165, 1.54) is 60.8 Å². The summed E-state index contributed by atoms with van der Waals surface area (Å²) in [4.78, 5) is 13.8. The van der Waals surface area contributed by atoms with E-state index in [-0.39, 0.29) is 25.5 Å². The van der Waals surface area contributed by atoms with Gasteiger partial charge in [-0.2, -0.15) is 0 Å². The van der Waals surface area contributed by atoms with Crippen LogP contribution in [-0.4, -0.2) is 23.0 Å². The van der Waals surface area contributed by atoms with Crippen LogP contribution in [0.5, 0.6) is 0 Å². The predicted octanol–water partition coefficient (Wildman–Crippen LogP) is 16.6. The van der Waals surface area contributed by atoms with Gasteiger partial charge in [0.15, 0.2) is 0 Å². The number of pyridine rings is 3. The van der Waals surface area contributed by atoms with Crippen LogP contribution in [0.1, 0.15) is 80.8 Å². The van der Waals surface area contributed by atoms with Crippen molar-refractivity contribution in [2.45, 2.75) is 101 Å². The Hall–Kier alpha value is -5.78. The summed E-state index contributed by atoms with van der Waals surface area (Å²) in [7, 11) is -1.33. The van der Waals surface area contributed by atoms with Gasteiger partial charge in [0.2, 0.25) is 0 Å². The molecule has 4 heterocycles. The number of aryl methyl sites for hydroxylation is 4. The Balaban J connectivity index is 0.000000184. The minimum Gasteiger partial charge on any atom is -0.455 e. The van der Waals surface area contributed by atoms with Crippen LogP contribution in [-0.2, 0) is 32.9 Å². The number of hydrogen-bond acceptors (Lipinski definition) is 4. The van der Waals surface area contributed by atoms with Gasteiger partial charge < -0.3 is 4.42 Å². The SMILES string of the molecule is CC(C)c1cc(-c2ccccc2)ncc1[Si](C)(C)C.CCc1ccnc(-c2ccccc2)c1.Cc1cc(C)cc(-c2ccc3c(c2)oc2c(-c4cc(CC(C)(C)C)c(C)cn4)cccc23)c1.[Ir]. The third-order valence-electron chi connectivity index (χ3n) is 12.0. The standard InChI is InChI=1S/C31H31NO.C17H23NSi.C13H13N.Ir/c1-19-12-20(2)14-23(13-19)22-10-11-25-26-8-7-9-27(30(26)33-29(25)16-22)28-15-24(17-31(4,5)6)21(3)18-32-28;1-13(2)15-11-16(14-9-7-6-8-10-14)18-12-17(15)19(3,4)5;1-2-11-8-9-14-13(10-11)12-6-4-3-5-7-12;/h7-16,18H,17H2,1-6H3;6-13H,1-5H3;3-10H,2H2,1H3;. The van der Waals surface area contributed by atoms with Crippen molar-refractivity contribution < 1.29 is 24.5 Å². The number of rotatable bonds is 8.